The molecule has 0 spiro atoms. The van der Waals surface area contributed by atoms with Gasteiger partial charge < -0.3 is 15.1 Å². The predicted molar refractivity (Wildman–Crippen MR) is 106 cm³/mol. The van der Waals surface area contributed by atoms with Crippen LogP contribution in [0.2, 0.25) is 0 Å². The number of hydrogen-bond acceptors (Lipinski definition) is 6. The Bertz CT molecular complexity index is 1180. The molecular weight excluding hydrogens is 354 g/mol. The van der Waals surface area contributed by atoms with Crippen molar-refractivity contribution in [2.75, 3.05) is 11.4 Å². The largest absolute Gasteiger partial charge is 0.504 e. The normalized spacial score (nSPS) is 16.2. The van der Waals surface area contributed by atoms with Crippen molar-refractivity contribution >= 4 is 22.4 Å². The summed E-state index contributed by atoms with van der Waals surface area (Å²) in [5.41, 5.74) is 2.22. The summed E-state index contributed by atoms with van der Waals surface area (Å²) in [4.78, 5) is 2.12. The zero-order chi connectivity index (χ0) is 19.4. The van der Waals surface area contributed by atoms with Gasteiger partial charge in [0.2, 0.25) is 0 Å². The summed E-state index contributed by atoms with van der Waals surface area (Å²) in [6, 6.07) is 10.9. The van der Waals surface area contributed by atoms with Crippen molar-refractivity contribution in [3.05, 3.63) is 53.0 Å². The molecule has 0 bridgehead atoms. The summed E-state index contributed by atoms with van der Waals surface area (Å²) in [6.07, 6.45) is 2.69. The summed E-state index contributed by atoms with van der Waals surface area (Å²) >= 11 is 0. The number of hydrogen-bond donors (Lipinski definition) is 4. The molecule has 2 heterocycles. The monoisotopic (exact) mass is 375 g/mol. The van der Waals surface area contributed by atoms with Crippen molar-refractivity contribution in [3.63, 3.8) is 0 Å². The highest BCUT2D eigenvalue weighted by Gasteiger charge is 2.30. The minimum atomic E-state index is -0.120. The van der Waals surface area contributed by atoms with Crippen molar-refractivity contribution in [2.24, 2.45) is 5.92 Å². The maximum absolute atomic E-state index is 9.88. The molecule has 7 nitrogen and oxygen atoms in total. The highest BCUT2D eigenvalue weighted by molar-refractivity contribution is 5.94. The molecule has 142 valence electrons. The summed E-state index contributed by atoms with van der Waals surface area (Å²) in [6.45, 7) is 1.26. The standard InChI is InChI=1S/C21H21N5O2/c22-19(12-5-6-12)26-20(23)15-3-1-2-4-16(15)21(24-26)25-8-7-13-9-17(27)18(28)10-14(13)11-25/h1-4,9-10,12,22-23,27-28H,5-8,11H2. The molecule has 7 heteroatoms. The Kier molecular flexibility index (Phi) is 3.65. The van der Waals surface area contributed by atoms with Crippen LogP contribution in [0.25, 0.3) is 10.8 Å². The van der Waals surface area contributed by atoms with Crippen LogP contribution < -0.4 is 10.4 Å². The van der Waals surface area contributed by atoms with Crippen LogP contribution in [0.5, 0.6) is 11.5 Å². The molecule has 28 heavy (non-hydrogen) atoms. The maximum Gasteiger partial charge on any atom is 0.157 e. The Labute approximate surface area is 161 Å². The molecule has 1 saturated carbocycles. The zero-order valence-corrected chi connectivity index (χ0v) is 15.3. The molecule has 1 aromatic heterocycles. The van der Waals surface area contributed by atoms with Crippen molar-refractivity contribution in [2.45, 2.75) is 25.8 Å². The Morgan fingerprint density at radius 3 is 2.43 bits per heavy atom. The van der Waals surface area contributed by atoms with E-state index in [1.54, 1.807) is 12.1 Å². The number of benzene rings is 2. The first kappa shape index (κ1) is 16.8. The second kappa shape index (κ2) is 6.09. The van der Waals surface area contributed by atoms with E-state index in [4.69, 9.17) is 15.9 Å². The fraction of sp³-hybridized carbons (Fsp3) is 0.286. The first-order valence-corrected chi connectivity index (χ1v) is 9.47. The van der Waals surface area contributed by atoms with E-state index in [0.717, 1.165) is 47.0 Å². The second-order valence-corrected chi connectivity index (χ2v) is 7.57. The quantitative estimate of drug-likeness (QED) is 0.314. The average Bonchev–Trinajstić information content (AvgIpc) is 3.54. The minimum Gasteiger partial charge on any atom is -0.504 e. The first-order chi connectivity index (χ1) is 13.5. The molecule has 4 N–H and O–H groups in total. The number of aromatic hydroxyl groups is 2. The van der Waals surface area contributed by atoms with E-state index >= 15 is 0 Å². The van der Waals surface area contributed by atoms with Gasteiger partial charge in [-0.1, -0.05) is 24.3 Å². The highest BCUT2D eigenvalue weighted by Crippen LogP contribution is 2.34. The number of phenols is 2. The average molecular weight is 375 g/mol. The molecule has 2 aliphatic rings. The lowest BCUT2D eigenvalue weighted by molar-refractivity contribution is 0.402. The van der Waals surface area contributed by atoms with Crippen molar-refractivity contribution < 1.29 is 10.2 Å². The molecule has 1 aliphatic heterocycles. The van der Waals surface area contributed by atoms with E-state index < -0.39 is 0 Å². The van der Waals surface area contributed by atoms with Crippen LogP contribution in [-0.2, 0) is 13.0 Å². The lowest BCUT2D eigenvalue weighted by Crippen LogP contribution is -2.36. The molecule has 0 saturated heterocycles. The smallest absolute Gasteiger partial charge is 0.157 e. The molecule has 3 aromatic rings. The van der Waals surface area contributed by atoms with E-state index in [0.29, 0.717) is 18.9 Å². The van der Waals surface area contributed by atoms with Crippen LogP contribution in [0.15, 0.2) is 36.4 Å². The molecule has 5 rings (SSSR count). The molecular formula is C21H21N5O2. The van der Waals surface area contributed by atoms with Crippen molar-refractivity contribution in [3.8, 4) is 11.5 Å². The predicted octanol–water partition coefficient (Wildman–Crippen LogP) is 2.73. The van der Waals surface area contributed by atoms with Gasteiger partial charge in [-0.15, -0.1) is 5.10 Å². The van der Waals surface area contributed by atoms with Gasteiger partial charge in [0.05, 0.1) is 0 Å². The number of fused-ring (bicyclic) bond motifs is 2. The molecule has 1 aliphatic carbocycles. The minimum absolute atomic E-state index is 0.0925. The zero-order valence-electron chi connectivity index (χ0n) is 15.3. The molecule has 0 atom stereocenters. The fourth-order valence-corrected chi connectivity index (χ4v) is 3.90. The van der Waals surface area contributed by atoms with Crippen LogP contribution in [-0.4, -0.2) is 32.4 Å². The summed E-state index contributed by atoms with van der Waals surface area (Å²) in [5.74, 6) is 1.11. The van der Waals surface area contributed by atoms with Gasteiger partial charge in [-0.3, -0.25) is 10.8 Å². The number of rotatable bonds is 2. The summed E-state index contributed by atoms with van der Waals surface area (Å²) < 4.78 is 1.47. The number of nitrogens with one attached hydrogen (secondary N) is 2. The summed E-state index contributed by atoms with van der Waals surface area (Å²) in [7, 11) is 0. The van der Waals surface area contributed by atoms with Crippen LogP contribution in [0.1, 0.15) is 24.0 Å². The highest BCUT2D eigenvalue weighted by atomic mass is 16.3. The third-order valence-electron chi connectivity index (χ3n) is 5.63. The van der Waals surface area contributed by atoms with Crippen molar-refractivity contribution in [1.29, 1.82) is 10.8 Å². The Morgan fingerprint density at radius 2 is 1.71 bits per heavy atom. The van der Waals surface area contributed by atoms with E-state index in [1.165, 1.54) is 4.68 Å². The van der Waals surface area contributed by atoms with E-state index in [9.17, 15) is 10.2 Å². The SMILES string of the molecule is N=C(C1CC1)n1nc(N2CCc3cc(O)c(O)cc3C2)c2ccccc2c1=N. The van der Waals surface area contributed by atoms with Gasteiger partial charge in [-0.25, -0.2) is 0 Å². The second-order valence-electron chi connectivity index (χ2n) is 7.57. The third kappa shape index (κ3) is 2.62. The lowest BCUT2D eigenvalue weighted by atomic mass is 9.98. The van der Waals surface area contributed by atoms with Gasteiger partial charge in [-0.2, -0.15) is 4.68 Å². The topological polar surface area (TPSA) is 109 Å². The Morgan fingerprint density at radius 1 is 1.04 bits per heavy atom. The number of aromatic nitrogens is 2. The number of nitrogens with zero attached hydrogens (tertiary/aromatic N) is 3. The van der Waals surface area contributed by atoms with Gasteiger partial charge in [0.15, 0.2) is 22.8 Å². The Hall–Kier alpha value is -3.35. The van der Waals surface area contributed by atoms with Crippen LogP contribution >= 0.6 is 0 Å². The Balaban J connectivity index is 1.64. The summed E-state index contributed by atoms with van der Waals surface area (Å²) in [5, 5.41) is 43.0. The number of phenolic OH excluding ortho intramolecular Hbond substituents is 2. The van der Waals surface area contributed by atoms with Gasteiger partial charge >= 0.3 is 0 Å². The van der Waals surface area contributed by atoms with Gasteiger partial charge in [0.25, 0.3) is 0 Å². The fourth-order valence-electron chi connectivity index (χ4n) is 3.90. The van der Waals surface area contributed by atoms with Crippen LogP contribution in [0.3, 0.4) is 0 Å². The van der Waals surface area contributed by atoms with Gasteiger partial charge in [0, 0.05) is 29.8 Å². The maximum atomic E-state index is 9.88. The van der Waals surface area contributed by atoms with E-state index in [2.05, 4.69) is 4.90 Å². The van der Waals surface area contributed by atoms with Crippen LogP contribution in [0.4, 0.5) is 5.82 Å². The van der Waals surface area contributed by atoms with Gasteiger partial charge in [-0.05, 0) is 42.5 Å². The molecule has 0 radical (unpaired) electrons. The van der Waals surface area contributed by atoms with E-state index in [1.807, 2.05) is 24.3 Å². The number of anilines is 1. The van der Waals surface area contributed by atoms with Gasteiger partial charge in [0.1, 0.15) is 5.84 Å². The third-order valence-corrected chi connectivity index (χ3v) is 5.63. The molecule has 2 aromatic carbocycles. The molecule has 0 amide bonds. The molecule has 1 fully saturated rings. The first-order valence-electron chi connectivity index (χ1n) is 9.47. The van der Waals surface area contributed by atoms with E-state index in [-0.39, 0.29) is 22.9 Å². The molecule has 0 unspecified atom stereocenters. The lowest BCUT2D eigenvalue weighted by Gasteiger charge is -2.31. The van der Waals surface area contributed by atoms with Crippen molar-refractivity contribution in [1.82, 2.24) is 9.78 Å². The van der Waals surface area contributed by atoms with Crippen LogP contribution in [0, 0.1) is 16.7 Å².